The lowest BCUT2D eigenvalue weighted by atomic mass is 10.1. The molecular formula is C19H14Cl2F3NO3. The smallest absolute Gasteiger partial charge is 0.478 e. The van der Waals surface area contributed by atoms with E-state index in [1.807, 2.05) is 6.07 Å². The molecule has 0 bridgehead atoms. The van der Waals surface area contributed by atoms with Gasteiger partial charge in [-0.25, -0.2) is 4.79 Å². The van der Waals surface area contributed by atoms with Gasteiger partial charge in [0.2, 0.25) is 0 Å². The maximum atomic E-state index is 12.6. The molecule has 1 aromatic heterocycles. The lowest BCUT2D eigenvalue weighted by Crippen LogP contribution is -2.17. The third-order valence-corrected chi connectivity index (χ3v) is 5.24. The fourth-order valence-electron chi connectivity index (χ4n) is 3.10. The van der Waals surface area contributed by atoms with Crippen LogP contribution in [0.1, 0.15) is 27.2 Å². The zero-order valence-electron chi connectivity index (χ0n) is 14.7. The highest BCUT2D eigenvalue weighted by molar-refractivity contribution is 6.38. The second kappa shape index (κ2) is 7.22. The standard InChI is InChI=1S/C19H14Cl2F3NO3/c1-9-5-11(28-19(22,23)24)8-16-13(9)6-10(25(16)2)7-14-15(20)4-3-12(17(14)21)18(26)27/h3-6,8H,7H2,1-2H3,(H,26,27). The molecule has 0 amide bonds. The minimum atomic E-state index is -4.79. The van der Waals surface area contributed by atoms with Gasteiger partial charge in [-0.3, -0.25) is 0 Å². The SMILES string of the molecule is Cc1cc(OC(F)(F)F)cc2c1cc(Cc1c(Cl)ccc(C(=O)O)c1Cl)n2C. The number of rotatable bonds is 4. The summed E-state index contributed by atoms with van der Waals surface area (Å²) in [5.41, 5.74) is 2.20. The van der Waals surface area contributed by atoms with Crippen molar-refractivity contribution in [3.8, 4) is 5.75 Å². The van der Waals surface area contributed by atoms with Crippen LogP contribution in [0.25, 0.3) is 10.9 Å². The first-order valence-corrected chi connectivity index (χ1v) is 8.78. The van der Waals surface area contributed by atoms with Crippen molar-refractivity contribution in [2.75, 3.05) is 0 Å². The lowest BCUT2D eigenvalue weighted by molar-refractivity contribution is -0.274. The zero-order chi connectivity index (χ0) is 20.8. The normalized spacial score (nSPS) is 11.8. The molecule has 4 nitrogen and oxygen atoms in total. The van der Waals surface area contributed by atoms with Gasteiger partial charge in [-0.15, -0.1) is 13.2 Å². The molecule has 1 N–H and O–H groups in total. The molecule has 2 aromatic carbocycles. The third-order valence-electron chi connectivity index (χ3n) is 4.45. The van der Waals surface area contributed by atoms with Crippen molar-refractivity contribution < 1.29 is 27.8 Å². The number of carboxylic acids is 1. The molecule has 9 heteroatoms. The number of benzene rings is 2. The molecule has 0 aliphatic heterocycles. The molecule has 0 atom stereocenters. The Morgan fingerprint density at radius 2 is 1.89 bits per heavy atom. The second-order valence-corrected chi connectivity index (χ2v) is 7.07. The van der Waals surface area contributed by atoms with E-state index in [4.69, 9.17) is 23.2 Å². The molecule has 28 heavy (non-hydrogen) atoms. The highest BCUT2D eigenvalue weighted by Gasteiger charge is 2.31. The van der Waals surface area contributed by atoms with Crippen LogP contribution in [-0.2, 0) is 13.5 Å². The van der Waals surface area contributed by atoms with E-state index in [2.05, 4.69) is 4.74 Å². The fraction of sp³-hybridized carbons (Fsp3) is 0.211. The summed E-state index contributed by atoms with van der Waals surface area (Å²) in [6.45, 7) is 1.68. The van der Waals surface area contributed by atoms with Crippen molar-refractivity contribution in [1.29, 1.82) is 0 Å². The van der Waals surface area contributed by atoms with Crippen LogP contribution in [0.5, 0.6) is 5.75 Å². The van der Waals surface area contributed by atoms with E-state index in [9.17, 15) is 23.1 Å². The van der Waals surface area contributed by atoms with Gasteiger partial charge >= 0.3 is 12.3 Å². The van der Waals surface area contributed by atoms with Crippen molar-refractivity contribution >= 4 is 40.1 Å². The summed E-state index contributed by atoms with van der Waals surface area (Å²) < 4.78 is 43.4. The number of nitrogens with zero attached hydrogens (tertiary/aromatic N) is 1. The summed E-state index contributed by atoms with van der Waals surface area (Å²) >= 11 is 12.4. The molecule has 1 heterocycles. The predicted molar refractivity (Wildman–Crippen MR) is 101 cm³/mol. The first kappa shape index (κ1) is 20.4. The number of ether oxygens (including phenoxy) is 1. The van der Waals surface area contributed by atoms with Gasteiger partial charge in [0.15, 0.2) is 0 Å². The lowest BCUT2D eigenvalue weighted by Gasteiger charge is -2.12. The van der Waals surface area contributed by atoms with E-state index in [1.54, 1.807) is 18.5 Å². The minimum Gasteiger partial charge on any atom is -0.478 e. The molecule has 0 fully saturated rings. The Labute approximate surface area is 168 Å². The second-order valence-electron chi connectivity index (χ2n) is 6.28. The van der Waals surface area contributed by atoms with Crippen LogP contribution in [-0.4, -0.2) is 22.0 Å². The molecule has 3 rings (SSSR count). The van der Waals surface area contributed by atoms with Gasteiger partial charge in [0.1, 0.15) is 5.75 Å². The van der Waals surface area contributed by atoms with E-state index in [-0.39, 0.29) is 22.8 Å². The van der Waals surface area contributed by atoms with Gasteiger partial charge in [0.25, 0.3) is 0 Å². The van der Waals surface area contributed by atoms with Crippen LogP contribution in [0.15, 0.2) is 30.3 Å². The van der Waals surface area contributed by atoms with E-state index >= 15 is 0 Å². The van der Waals surface area contributed by atoms with Gasteiger partial charge < -0.3 is 14.4 Å². The Balaban J connectivity index is 2.09. The van der Waals surface area contributed by atoms with E-state index in [1.165, 1.54) is 24.3 Å². The number of fused-ring (bicyclic) bond motifs is 1. The summed E-state index contributed by atoms with van der Waals surface area (Å²) in [6.07, 6.45) is -4.58. The Morgan fingerprint density at radius 3 is 2.50 bits per heavy atom. The summed E-state index contributed by atoms with van der Waals surface area (Å²) in [4.78, 5) is 11.3. The minimum absolute atomic E-state index is 0.0306. The quantitative estimate of drug-likeness (QED) is 0.552. The Hall–Kier alpha value is -2.38. The average Bonchev–Trinajstić information content (AvgIpc) is 2.86. The molecule has 0 radical (unpaired) electrons. The maximum absolute atomic E-state index is 12.6. The molecule has 0 aliphatic rings. The number of aromatic carboxylic acids is 1. The number of halogens is 5. The number of hydrogen-bond acceptors (Lipinski definition) is 2. The van der Waals surface area contributed by atoms with Gasteiger partial charge in [0.05, 0.1) is 16.1 Å². The van der Waals surface area contributed by atoms with Crippen molar-refractivity contribution in [2.45, 2.75) is 19.7 Å². The van der Waals surface area contributed by atoms with Crippen LogP contribution >= 0.6 is 23.2 Å². The number of carboxylic acid groups (broad SMARTS) is 1. The Bertz CT molecular complexity index is 1090. The molecule has 0 aliphatic carbocycles. The highest BCUT2D eigenvalue weighted by Crippen LogP contribution is 2.34. The maximum Gasteiger partial charge on any atom is 0.573 e. The summed E-state index contributed by atoms with van der Waals surface area (Å²) in [7, 11) is 1.69. The summed E-state index contributed by atoms with van der Waals surface area (Å²) in [5, 5.41) is 10.3. The fourth-order valence-corrected chi connectivity index (χ4v) is 3.68. The van der Waals surface area contributed by atoms with E-state index in [0.29, 0.717) is 27.4 Å². The van der Waals surface area contributed by atoms with Crippen molar-refractivity contribution in [3.63, 3.8) is 0 Å². The van der Waals surface area contributed by atoms with E-state index < -0.39 is 12.3 Å². The molecule has 0 spiro atoms. The first-order chi connectivity index (χ1) is 13.0. The number of alkyl halides is 3. The number of aromatic nitrogens is 1. The molecule has 148 valence electrons. The highest BCUT2D eigenvalue weighted by atomic mass is 35.5. The predicted octanol–water partition coefficient (Wildman–Crippen LogP) is 5.98. The van der Waals surface area contributed by atoms with Crippen molar-refractivity contribution in [3.05, 3.63) is 62.8 Å². The van der Waals surface area contributed by atoms with Gasteiger partial charge in [-0.1, -0.05) is 23.2 Å². The third kappa shape index (κ3) is 3.91. The Kier molecular flexibility index (Phi) is 5.25. The molecule has 0 saturated carbocycles. The van der Waals surface area contributed by atoms with Crippen LogP contribution in [0.2, 0.25) is 10.0 Å². The molecular weight excluding hydrogens is 418 g/mol. The number of aryl methyl sites for hydroxylation is 2. The monoisotopic (exact) mass is 431 g/mol. The van der Waals surface area contributed by atoms with Crippen LogP contribution in [0.4, 0.5) is 13.2 Å². The van der Waals surface area contributed by atoms with Crippen LogP contribution in [0, 0.1) is 6.92 Å². The first-order valence-electron chi connectivity index (χ1n) is 8.03. The van der Waals surface area contributed by atoms with Crippen LogP contribution < -0.4 is 4.74 Å². The van der Waals surface area contributed by atoms with Crippen molar-refractivity contribution in [1.82, 2.24) is 4.57 Å². The zero-order valence-corrected chi connectivity index (χ0v) is 16.2. The Morgan fingerprint density at radius 1 is 1.21 bits per heavy atom. The van der Waals surface area contributed by atoms with Gasteiger partial charge in [-0.05, 0) is 42.3 Å². The molecule has 0 unspecified atom stereocenters. The summed E-state index contributed by atoms with van der Waals surface area (Å²) in [6, 6.07) is 7.20. The largest absolute Gasteiger partial charge is 0.573 e. The molecule has 3 aromatic rings. The molecule has 0 saturated heterocycles. The number of hydrogen-bond donors (Lipinski definition) is 1. The van der Waals surface area contributed by atoms with E-state index in [0.717, 1.165) is 5.39 Å². The topological polar surface area (TPSA) is 51.5 Å². The van der Waals surface area contributed by atoms with Gasteiger partial charge in [0, 0.05) is 35.6 Å². The van der Waals surface area contributed by atoms with Gasteiger partial charge in [-0.2, -0.15) is 0 Å². The average molecular weight is 432 g/mol. The number of carbonyl (C=O) groups is 1. The summed E-state index contributed by atoms with van der Waals surface area (Å²) in [5.74, 6) is -1.49. The van der Waals surface area contributed by atoms with Crippen LogP contribution in [0.3, 0.4) is 0 Å². The van der Waals surface area contributed by atoms with Crippen molar-refractivity contribution in [2.24, 2.45) is 7.05 Å².